The van der Waals surface area contributed by atoms with Crippen LogP contribution < -0.4 is 10.6 Å². The van der Waals surface area contributed by atoms with Crippen LogP contribution in [0.5, 0.6) is 0 Å². The van der Waals surface area contributed by atoms with Gasteiger partial charge < -0.3 is 5.32 Å². The molecule has 0 saturated carbocycles. The van der Waals surface area contributed by atoms with E-state index in [0.29, 0.717) is 11.1 Å². The Morgan fingerprint density at radius 1 is 0.944 bits per heavy atom. The van der Waals surface area contributed by atoms with E-state index in [2.05, 4.69) is 0 Å². The summed E-state index contributed by atoms with van der Waals surface area (Å²) in [6.07, 6.45) is -9.64. The number of alkyl halides is 6. The molecule has 2 aromatic rings. The second-order valence-electron chi connectivity index (χ2n) is 8.17. The standard InChI is InChI=1S/C23H23F6N3O3S/c1-14(22(24,25)26)13-19(21(33)31-12-11-30)32-20(23(27,28)29)17-5-3-15(4-6-17)16-7-9-18(10-8-16)36(2,34)35/h3-10,14,19-20,32H,12-13H2,1-2H3,(H,31,33)/t14?,19-,20-/m0/s1. The molecule has 6 nitrogen and oxygen atoms in total. The van der Waals surface area contributed by atoms with Gasteiger partial charge in [-0.3, -0.25) is 10.1 Å². The molecule has 2 rings (SSSR count). The minimum atomic E-state index is -4.96. The third-order valence-corrected chi connectivity index (χ3v) is 6.49. The first-order valence-electron chi connectivity index (χ1n) is 10.5. The molecule has 2 aromatic carbocycles. The van der Waals surface area contributed by atoms with Crippen molar-refractivity contribution in [1.29, 1.82) is 5.26 Å². The summed E-state index contributed by atoms with van der Waals surface area (Å²) in [5.41, 5.74) is 0.642. The van der Waals surface area contributed by atoms with Gasteiger partial charge in [-0.15, -0.1) is 0 Å². The fraction of sp³-hybridized carbons (Fsp3) is 0.391. The van der Waals surface area contributed by atoms with E-state index in [1.54, 1.807) is 6.07 Å². The second kappa shape index (κ2) is 11.3. The van der Waals surface area contributed by atoms with Crippen LogP contribution in [0, 0.1) is 17.2 Å². The van der Waals surface area contributed by atoms with Crippen LogP contribution in [0.4, 0.5) is 26.3 Å². The van der Waals surface area contributed by atoms with E-state index in [1.807, 2.05) is 10.6 Å². The molecular formula is C23H23F6N3O3S. The number of benzene rings is 2. The predicted octanol–water partition coefficient (Wildman–Crippen LogP) is 4.55. The molecule has 0 heterocycles. The average Bonchev–Trinajstić information content (AvgIpc) is 2.78. The Morgan fingerprint density at radius 2 is 1.44 bits per heavy atom. The fourth-order valence-corrected chi connectivity index (χ4v) is 3.96. The minimum absolute atomic E-state index is 0.0676. The highest BCUT2D eigenvalue weighted by Crippen LogP contribution is 2.36. The Morgan fingerprint density at radius 3 is 1.86 bits per heavy atom. The van der Waals surface area contributed by atoms with Gasteiger partial charge in [0, 0.05) is 6.26 Å². The smallest absolute Gasteiger partial charge is 0.342 e. The zero-order valence-electron chi connectivity index (χ0n) is 19.1. The van der Waals surface area contributed by atoms with E-state index in [-0.39, 0.29) is 10.5 Å². The summed E-state index contributed by atoms with van der Waals surface area (Å²) in [5.74, 6) is -3.25. The van der Waals surface area contributed by atoms with E-state index in [9.17, 15) is 39.6 Å². The van der Waals surface area contributed by atoms with Crippen LogP contribution in [0.3, 0.4) is 0 Å². The van der Waals surface area contributed by atoms with Crippen molar-refractivity contribution in [3.8, 4) is 17.2 Å². The quantitative estimate of drug-likeness (QED) is 0.363. The SMILES string of the molecule is CC(C[C@H](N[C@@H](c1ccc(-c2ccc(S(C)(=O)=O)cc2)cc1)C(F)(F)F)C(=O)NCC#N)C(F)(F)F. The summed E-state index contributed by atoms with van der Waals surface area (Å²) in [6, 6.07) is 7.77. The Balaban J connectivity index is 2.35. The zero-order chi connectivity index (χ0) is 27.3. The van der Waals surface area contributed by atoms with Crippen LogP contribution in [-0.4, -0.2) is 45.5 Å². The number of carbonyl (C=O) groups is 1. The third kappa shape index (κ3) is 7.96. The highest BCUT2D eigenvalue weighted by molar-refractivity contribution is 7.90. The zero-order valence-corrected chi connectivity index (χ0v) is 19.9. The molecule has 1 unspecified atom stereocenters. The molecule has 0 radical (unpaired) electrons. The Kier molecular flexibility index (Phi) is 9.14. The largest absolute Gasteiger partial charge is 0.407 e. The molecule has 1 amide bonds. The molecule has 0 spiro atoms. The molecule has 0 aliphatic carbocycles. The molecule has 0 fully saturated rings. The van der Waals surface area contributed by atoms with Crippen molar-refractivity contribution in [3.63, 3.8) is 0 Å². The maximum Gasteiger partial charge on any atom is 0.407 e. The average molecular weight is 536 g/mol. The number of carbonyl (C=O) groups excluding carboxylic acids is 1. The number of amides is 1. The number of sulfone groups is 1. The number of halogens is 6. The van der Waals surface area contributed by atoms with Crippen molar-refractivity contribution >= 4 is 15.7 Å². The molecule has 196 valence electrons. The van der Waals surface area contributed by atoms with Crippen molar-refractivity contribution < 1.29 is 39.6 Å². The van der Waals surface area contributed by atoms with E-state index >= 15 is 0 Å². The normalized spacial score (nSPS) is 15.0. The van der Waals surface area contributed by atoms with Crippen molar-refractivity contribution in [2.24, 2.45) is 5.92 Å². The Hall–Kier alpha value is -3.11. The number of nitrogens with one attached hydrogen (secondary N) is 2. The van der Waals surface area contributed by atoms with Crippen LogP contribution in [0.25, 0.3) is 11.1 Å². The van der Waals surface area contributed by atoms with E-state index in [0.717, 1.165) is 25.3 Å². The summed E-state index contributed by atoms with van der Waals surface area (Å²) in [6.45, 7) is 0.166. The molecule has 0 bridgehead atoms. The van der Waals surface area contributed by atoms with Gasteiger partial charge >= 0.3 is 12.4 Å². The summed E-state index contributed by atoms with van der Waals surface area (Å²) < 4.78 is 104. The highest BCUT2D eigenvalue weighted by atomic mass is 32.2. The van der Waals surface area contributed by atoms with Gasteiger partial charge in [0.1, 0.15) is 12.6 Å². The number of nitrogens with zero attached hydrogens (tertiary/aromatic N) is 1. The molecule has 0 aromatic heterocycles. The van der Waals surface area contributed by atoms with Crippen molar-refractivity contribution in [2.45, 2.75) is 42.7 Å². The van der Waals surface area contributed by atoms with Crippen molar-refractivity contribution in [2.75, 3.05) is 12.8 Å². The number of hydrogen-bond donors (Lipinski definition) is 2. The summed E-state index contributed by atoms with van der Waals surface area (Å²) >= 11 is 0. The predicted molar refractivity (Wildman–Crippen MR) is 119 cm³/mol. The van der Waals surface area contributed by atoms with Crippen LogP contribution in [-0.2, 0) is 14.6 Å². The summed E-state index contributed by atoms with van der Waals surface area (Å²) in [7, 11) is -3.43. The maximum atomic E-state index is 13.9. The van der Waals surface area contributed by atoms with Crippen LogP contribution >= 0.6 is 0 Å². The topological polar surface area (TPSA) is 99.1 Å². The van der Waals surface area contributed by atoms with Gasteiger partial charge in [0.25, 0.3) is 0 Å². The van der Waals surface area contributed by atoms with E-state index in [4.69, 9.17) is 5.26 Å². The molecule has 36 heavy (non-hydrogen) atoms. The van der Waals surface area contributed by atoms with Gasteiger partial charge in [-0.1, -0.05) is 43.3 Å². The number of nitriles is 1. The molecule has 3 atom stereocenters. The first-order valence-corrected chi connectivity index (χ1v) is 12.4. The fourth-order valence-electron chi connectivity index (χ4n) is 3.33. The number of rotatable bonds is 9. The summed E-state index contributed by atoms with van der Waals surface area (Å²) in [4.78, 5) is 12.4. The van der Waals surface area contributed by atoms with Crippen LogP contribution in [0.1, 0.15) is 24.9 Å². The molecule has 0 saturated heterocycles. The summed E-state index contributed by atoms with van der Waals surface area (Å²) in [5, 5.41) is 12.6. The Labute approximate surface area is 204 Å². The van der Waals surface area contributed by atoms with Gasteiger partial charge in [0.15, 0.2) is 9.84 Å². The first kappa shape index (κ1) is 29.1. The van der Waals surface area contributed by atoms with Crippen molar-refractivity contribution in [1.82, 2.24) is 10.6 Å². The van der Waals surface area contributed by atoms with Crippen LogP contribution in [0.2, 0.25) is 0 Å². The lowest BCUT2D eigenvalue weighted by molar-refractivity contribution is -0.177. The molecule has 2 N–H and O–H groups in total. The lowest BCUT2D eigenvalue weighted by atomic mass is 9.96. The van der Waals surface area contributed by atoms with Gasteiger partial charge in [-0.2, -0.15) is 31.6 Å². The van der Waals surface area contributed by atoms with Crippen LogP contribution in [0.15, 0.2) is 53.4 Å². The second-order valence-corrected chi connectivity index (χ2v) is 10.2. The molecule has 13 heteroatoms. The van der Waals surface area contributed by atoms with Gasteiger partial charge in [-0.25, -0.2) is 8.42 Å². The van der Waals surface area contributed by atoms with E-state index in [1.165, 1.54) is 36.4 Å². The molecular weight excluding hydrogens is 512 g/mol. The lowest BCUT2D eigenvalue weighted by Crippen LogP contribution is -2.50. The van der Waals surface area contributed by atoms with E-state index < -0.39 is 59.1 Å². The lowest BCUT2D eigenvalue weighted by Gasteiger charge is -2.29. The van der Waals surface area contributed by atoms with Crippen molar-refractivity contribution in [3.05, 3.63) is 54.1 Å². The highest BCUT2D eigenvalue weighted by Gasteiger charge is 2.45. The first-order chi connectivity index (χ1) is 16.5. The van der Waals surface area contributed by atoms with Gasteiger partial charge in [-0.05, 0) is 35.2 Å². The van der Waals surface area contributed by atoms with Gasteiger partial charge in [0.2, 0.25) is 5.91 Å². The number of hydrogen-bond acceptors (Lipinski definition) is 5. The van der Waals surface area contributed by atoms with Gasteiger partial charge in [0.05, 0.1) is 22.9 Å². The third-order valence-electron chi connectivity index (χ3n) is 5.36. The molecule has 0 aliphatic heterocycles. The maximum absolute atomic E-state index is 13.9. The minimum Gasteiger partial charge on any atom is -0.342 e. The monoisotopic (exact) mass is 535 g/mol. The Bertz CT molecular complexity index is 1190. The molecule has 0 aliphatic rings.